The first-order valence-corrected chi connectivity index (χ1v) is 14.8. The van der Waals surface area contributed by atoms with Gasteiger partial charge in [0.25, 0.3) is 11.6 Å². The molecule has 1 amide bonds. The number of piperidine rings is 1. The summed E-state index contributed by atoms with van der Waals surface area (Å²) >= 11 is 1.67. The van der Waals surface area contributed by atoms with E-state index in [0.29, 0.717) is 24.1 Å². The minimum absolute atomic E-state index is 0.0718. The van der Waals surface area contributed by atoms with Crippen molar-refractivity contribution in [3.05, 3.63) is 93.0 Å². The lowest BCUT2D eigenvalue weighted by molar-refractivity contribution is -0.384. The van der Waals surface area contributed by atoms with Crippen LogP contribution in [0.2, 0.25) is 0 Å². The predicted molar refractivity (Wildman–Crippen MR) is 152 cm³/mol. The molecule has 0 spiro atoms. The molecule has 3 atom stereocenters. The molecule has 7 heteroatoms. The fourth-order valence-electron chi connectivity index (χ4n) is 7.30. The number of hydrogen-bond acceptors (Lipinski definition) is 5. The van der Waals surface area contributed by atoms with Gasteiger partial charge in [-0.3, -0.25) is 14.9 Å². The van der Waals surface area contributed by atoms with E-state index in [2.05, 4.69) is 28.8 Å². The Bertz CT molecular complexity index is 1390. The van der Waals surface area contributed by atoms with Crippen LogP contribution in [-0.4, -0.2) is 29.7 Å². The summed E-state index contributed by atoms with van der Waals surface area (Å²) in [5.74, 6) is 0.364. The molecule has 1 saturated carbocycles. The van der Waals surface area contributed by atoms with Gasteiger partial charge in [0, 0.05) is 35.0 Å². The number of nitrogens with one attached hydrogen (secondary N) is 2. The highest BCUT2D eigenvalue weighted by Crippen LogP contribution is 2.55. The van der Waals surface area contributed by atoms with E-state index in [4.69, 9.17) is 0 Å². The minimum Gasteiger partial charge on any atom is -0.348 e. The summed E-state index contributed by atoms with van der Waals surface area (Å²) in [5.41, 5.74) is 6.02. The maximum atomic E-state index is 13.6. The van der Waals surface area contributed by atoms with E-state index in [-0.39, 0.29) is 17.0 Å². The lowest BCUT2D eigenvalue weighted by Gasteiger charge is -2.56. The van der Waals surface area contributed by atoms with Crippen molar-refractivity contribution in [2.75, 3.05) is 12.8 Å². The Morgan fingerprint density at radius 2 is 1.95 bits per heavy atom. The van der Waals surface area contributed by atoms with Gasteiger partial charge in [0.2, 0.25) is 0 Å². The van der Waals surface area contributed by atoms with Gasteiger partial charge in [-0.05, 0) is 90.4 Å². The first-order valence-electron chi connectivity index (χ1n) is 13.6. The van der Waals surface area contributed by atoms with E-state index in [9.17, 15) is 14.9 Å². The van der Waals surface area contributed by atoms with Gasteiger partial charge < -0.3 is 10.6 Å². The molecule has 2 aliphatic carbocycles. The van der Waals surface area contributed by atoms with Crippen LogP contribution in [0.15, 0.2) is 65.6 Å². The number of amides is 1. The Morgan fingerprint density at radius 1 is 1.11 bits per heavy atom. The average molecular weight is 528 g/mol. The maximum Gasteiger partial charge on any atom is 0.270 e. The second-order valence-electron chi connectivity index (χ2n) is 10.9. The smallest absolute Gasteiger partial charge is 0.270 e. The van der Waals surface area contributed by atoms with Crippen LogP contribution in [-0.2, 0) is 18.4 Å². The summed E-state index contributed by atoms with van der Waals surface area (Å²) in [4.78, 5) is 25.9. The summed E-state index contributed by atoms with van der Waals surface area (Å²) in [7, 11) is 0. The fourth-order valence-corrected chi connectivity index (χ4v) is 7.71. The quantitative estimate of drug-likeness (QED) is 0.225. The van der Waals surface area contributed by atoms with Crippen LogP contribution in [0.1, 0.15) is 59.2 Å². The van der Waals surface area contributed by atoms with Crippen molar-refractivity contribution in [1.29, 1.82) is 0 Å². The van der Waals surface area contributed by atoms with Gasteiger partial charge in [-0.2, -0.15) is 0 Å². The molecule has 3 aromatic rings. The third-order valence-electron chi connectivity index (χ3n) is 9.06. The first kappa shape index (κ1) is 25.1. The number of rotatable bonds is 6. The van der Waals surface area contributed by atoms with E-state index >= 15 is 0 Å². The number of nitro groups is 1. The summed E-state index contributed by atoms with van der Waals surface area (Å²) in [5, 5.41) is 18.5. The van der Waals surface area contributed by atoms with Crippen molar-refractivity contribution in [3.8, 4) is 11.1 Å². The summed E-state index contributed by atoms with van der Waals surface area (Å²) < 4.78 is 0. The van der Waals surface area contributed by atoms with E-state index in [0.717, 1.165) is 41.0 Å². The molecule has 2 fully saturated rings. The zero-order chi connectivity index (χ0) is 26.3. The van der Waals surface area contributed by atoms with Crippen molar-refractivity contribution >= 4 is 23.4 Å². The van der Waals surface area contributed by atoms with Crippen LogP contribution in [0.5, 0.6) is 0 Å². The molecule has 1 heterocycles. The monoisotopic (exact) mass is 527 g/mol. The Kier molecular flexibility index (Phi) is 6.74. The van der Waals surface area contributed by atoms with E-state index in [1.54, 1.807) is 17.8 Å². The molecule has 1 saturated heterocycles. The van der Waals surface area contributed by atoms with Gasteiger partial charge in [-0.25, -0.2) is 0 Å². The third-order valence-corrected chi connectivity index (χ3v) is 9.80. The number of carbonyl (C=O) groups excluding carboxylic acids is 1. The summed E-state index contributed by atoms with van der Waals surface area (Å²) in [6, 6.07) is 19.7. The Hall–Kier alpha value is -3.16. The topological polar surface area (TPSA) is 84.3 Å². The number of hydrogen-bond donors (Lipinski definition) is 2. The second kappa shape index (κ2) is 10.2. The standard InChI is InChI=1S/C31H33N3O3S/c1-38-22-11-8-20(9-12-22)19-33-30(35)26-17-21(34(36)37)10-13-24(26)23-5-4-7-27-25(23)18-29-28-6-2-3-14-31(27,28)15-16-32-29/h4-5,7-13,17,28-29,32H,2-3,6,14-16,18-19H2,1H3,(H,33,35)/t28-,29+,31-/m0/s1. The predicted octanol–water partition coefficient (Wildman–Crippen LogP) is 6.26. The van der Waals surface area contributed by atoms with Gasteiger partial charge in [0.15, 0.2) is 0 Å². The number of thioether (sulfide) groups is 1. The average Bonchev–Trinajstić information content (AvgIpc) is 2.95. The van der Waals surface area contributed by atoms with Crippen molar-refractivity contribution in [2.24, 2.45) is 5.92 Å². The van der Waals surface area contributed by atoms with Crippen LogP contribution >= 0.6 is 11.8 Å². The zero-order valence-electron chi connectivity index (χ0n) is 21.7. The second-order valence-corrected chi connectivity index (χ2v) is 11.8. The number of non-ortho nitro benzene ring substituents is 1. The van der Waals surface area contributed by atoms with Crippen molar-refractivity contribution in [2.45, 2.75) is 61.4 Å². The molecule has 38 heavy (non-hydrogen) atoms. The normalized spacial score (nSPS) is 23.7. The van der Waals surface area contributed by atoms with E-state index < -0.39 is 4.92 Å². The van der Waals surface area contributed by atoms with Crippen molar-refractivity contribution in [1.82, 2.24) is 10.6 Å². The van der Waals surface area contributed by atoms with Crippen LogP contribution in [0.25, 0.3) is 11.1 Å². The van der Waals surface area contributed by atoms with Crippen LogP contribution in [0.4, 0.5) is 5.69 Å². The van der Waals surface area contributed by atoms with Crippen molar-refractivity contribution < 1.29 is 9.72 Å². The van der Waals surface area contributed by atoms with E-state index in [1.807, 2.05) is 30.5 Å². The van der Waals surface area contributed by atoms with E-state index in [1.165, 1.54) is 48.9 Å². The molecule has 196 valence electrons. The molecule has 2 N–H and O–H groups in total. The highest BCUT2D eigenvalue weighted by molar-refractivity contribution is 7.98. The van der Waals surface area contributed by atoms with Gasteiger partial charge in [-0.1, -0.05) is 43.2 Å². The van der Waals surface area contributed by atoms with Crippen LogP contribution in [0, 0.1) is 16.0 Å². The van der Waals surface area contributed by atoms with Crippen LogP contribution in [0.3, 0.4) is 0 Å². The molecule has 3 aromatic carbocycles. The maximum absolute atomic E-state index is 13.6. The largest absolute Gasteiger partial charge is 0.348 e. The lowest BCUT2D eigenvalue weighted by atomic mass is 9.52. The molecule has 3 aliphatic rings. The molecule has 1 aliphatic heterocycles. The number of benzene rings is 3. The van der Waals surface area contributed by atoms with Gasteiger partial charge >= 0.3 is 0 Å². The Morgan fingerprint density at radius 3 is 2.74 bits per heavy atom. The van der Waals surface area contributed by atoms with Gasteiger partial charge in [0.1, 0.15) is 0 Å². The van der Waals surface area contributed by atoms with Crippen LogP contribution < -0.4 is 10.6 Å². The number of carbonyl (C=O) groups is 1. The first-order chi connectivity index (χ1) is 18.5. The van der Waals surface area contributed by atoms with Gasteiger partial charge in [-0.15, -0.1) is 11.8 Å². The Balaban J connectivity index is 1.39. The fraction of sp³-hybridized carbons (Fsp3) is 0.387. The SMILES string of the molecule is CSc1ccc(CNC(=O)c2cc([N+](=O)[O-])ccc2-c2cccc3c2C[C@H]2NCC[C@@]34CCCC[C@@H]24)cc1. The third kappa shape index (κ3) is 4.31. The zero-order valence-corrected chi connectivity index (χ0v) is 22.5. The van der Waals surface area contributed by atoms with Gasteiger partial charge in [0.05, 0.1) is 10.5 Å². The molecule has 2 bridgehead atoms. The molecular formula is C31H33N3O3S. The molecule has 0 aromatic heterocycles. The highest BCUT2D eigenvalue weighted by Gasteiger charge is 2.51. The molecular weight excluding hydrogens is 494 g/mol. The highest BCUT2D eigenvalue weighted by atomic mass is 32.2. The van der Waals surface area contributed by atoms with Crippen molar-refractivity contribution in [3.63, 3.8) is 0 Å². The lowest BCUT2D eigenvalue weighted by Crippen LogP contribution is -2.59. The molecule has 6 nitrogen and oxygen atoms in total. The number of nitro benzene ring substituents is 1. The summed E-state index contributed by atoms with van der Waals surface area (Å²) in [6.45, 7) is 1.41. The Labute approximate surface area is 227 Å². The molecule has 0 unspecified atom stereocenters. The minimum atomic E-state index is -0.429. The number of fused-ring (bicyclic) bond motifs is 1. The number of nitrogens with zero attached hydrogens (tertiary/aromatic N) is 1. The molecule has 6 rings (SSSR count). The molecule has 0 radical (unpaired) electrons. The summed E-state index contributed by atoms with van der Waals surface area (Å²) in [6.07, 6.45) is 9.15.